The van der Waals surface area contributed by atoms with Crippen LogP contribution in [0.25, 0.3) is 0 Å². The molecule has 5 heteroatoms. The van der Waals surface area contributed by atoms with Crippen molar-refractivity contribution in [2.75, 3.05) is 14.2 Å². The average molecular weight is 236 g/mol. The van der Waals surface area contributed by atoms with E-state index in [4.69, 9.17) is 15.2 Å². The van der Waals surface area contributed by atoms with Crippen LogP contribution < -0.4 is 15.2 Å². The molecule has 2 N–H and O–H groups in total. The molecule has 0 saturated heterocycles. The molecule has 0 aliphatic heterocycles. The monoisotopic (exact) mass is 235 g/mol. The third-order valence-electron chi connectivity index (χ3n) is 1.99. The molecule has 0 radical (unpaired) electrons. The van der Waals surface area contributed by atoms with Gasteiger partial charge in [-0.3, -0.25) is 0 Å². The van der Waals surface area contributed by atoms with E-state index in [1.54, 1.807) is 13.0 Å². The predicted octanol–water partition coefficient (Wildman–Crippen LogP) is 2.28. The lowest BCUT2D eigenvalue weighted by molar-refractivity contribution is 0.351. The van der Waals surface area contributed by atoms with Crippen molar-refractivity contribution in [1.29, 1.82) is 0 Å². The van der Waals surface area contributed by atoms with E-state index in [9.17, 15) is 4.39 Å². The zero-order chi connectivity index (χ0) is 10.7. The Morgan fingerprint density at radius 1 is 1.20 bits per heavy atom. The lowest BCUT2D eigenvalue weighted by Gasteiger charge is -2.12. The second kappa shape index (κ2) is 5.78. The summed E-state index contributed by atoms with van der Waals surface area (Å²) in [6, 6.07) is 2.46. The summed E-state index contributed by atoms with van der Waals surface area (Å²) in [5.41, 5.74) is 6.01. The SMILES string of the molecule is COc1cc(F)c([C@H](C)N)cc1OC.Cl. The Kier molecular flexibility index (Phi) is 5.39. The summed E-state index contributed by atoms with van der Waals surface area (Å²) in [6.45, 7) is 1.71. The Balaban J connectivity index is 0.00000196. The van der Waals surface area contributed by atoms with Gasteiger partial charge in [0.1, 0.15) is 5.82 Å². The van der Waals surface area contributed by atoms with E-state index < -0.39 is 0 Å². The van der Waals surface area contributed by atoms with Crippen LogP contribution in [-0.4, -0.2) is 14.2 Å². The molecule has 15 heavy (non-hydrogen) atoms. The van der Waals surface area contributed by atoms with E-state index >= 15 is 0 Å². The van der Waals surface area contributed by atoms with Gasteiger partial charge in [0, 0.05) is 17.7 Å². The van der Waals surface area contributed by atoms with Gasteiger partial charge in [-0.25, -0.2) is 4.39 Å². The number of ether oxygens (including phenoxy) is 2. The van der Waals surface area contributed by atoms with Crippen molar-refractivity contribution in [3.63, 3.8) is 0 Å². The summed E-state index contributed by atoms with van der Waals surface area (Å²) in [5.74, 6) is 0.480. The summed E-state index contributed by atoms with van der Waals surface area (Å²) < 4.78 is 23.4. The number of rotatable bonds is 3. The molecule has 1 rings (SSSR count). The molecule has 0 spiro atoms. The zero-order valence-electron chi connectivity index (χ0n) is 8.91. The van der Waals surface area contributed by atoms with E-state index in [-0.39, 0.29) is 24.3 Å². The fraction of sp³-hybridized carbons (Fsp3) is 0.400. The van der Waals surface area contributed by atoms with Crippen LogP contribution in [0.1, 0.15) is 18.5 Å². The highest BCUT2D eigenvalue weighted by atomic mass is 35.5. The first-order valence-corrected chi connectivity index (χ1v) is 4.27. The standard InChI is InChI=1S/C10H14FNO2.ClH/c1-6(12)7-4-9(13-2)10(14-3)5-8(7)11;/h4-6H,12H2,1-3H3;1H/t6-;/m0./s1. The highest BCUT2D eigenvalue weighted by Gasteiger charge is 2.13. The molecule has 86 valence electrons. The number of hydrogen-bond donors (Lipinski definition) is 1. The number of halogens is 2. The molecular weight excluding hydrogens is 221 g/mol. The molecule has 0 aliphatic carbocycles. The van der Waals surface area contributed by atoms with Gasteiger partial charge < -0.3 is 15.2 Å². The molecule has 0 unspecified atom stereocenters. The quantitative estimate of drug-likeness (QED) is 0.874. The molecule has 0 aliphatic rings. The largest absolute Gasteiger partial charge is 0.493 e. The van der Waals surface area contributed by atoms with Gasteiger partial charge in [0.15, 0.2) is 11.5 Å². The molecule has 1 aromatic rings. The van der Waals surface area contributed by atoms with Crippen molar-refractivity contribution in [2.45, 2.75) is 13.0 Å². The highest BCUT2D eigenvalue weighted by Crippen LogP contribution is 2.31. The van der Waals surface area contributed by atoms with Gasteiger partial charge in [-0.2, -0.15) is 0 Å². The van der Waals surface area contributed by atoms with Crippen LogP contribution in [0.5, 0.6) is 11.5 Å². The third kappa shape index (κ3) is 2.97. The van der Waals surface area contributed by atoms with E-state index in [2.05, 4.69) is 0 Å². The first kappa shape index (κ1) is 14.0. The maximum atomic E-state index is 13.4. The van der Waals surface area contributed by atoms with Crippen molar-refractivity contribution in [1.82, 2.24) is 0 Å². The van der Waals surface area contributed by atoms with Crippen LogP contribution >= 0.6 is 12.4 Å². The summed E-state index contributed by atoms with van der Waals surface area (Å²) in [7, 11) is 2.96. The minimum Gasteiger partial charge on any atom is -0.493 e. The molecule has 0 saturated carbocycles. The Hall–Kier alpha value is -1.00. The van der Waals surface area contributed by atoms with Crippen LogP contribution in [0.3, 0.4) is 0 Å². The van der Waals surface area contributed by atoms with Crippen molar-refractivity contribution < 1.29 is 13.9 Å². The minimum atomic E-state index is -0.377. The first-order chi connectivity index (χ1) is 6.60. The second-order valence-electron chi connectivity index (χ2n) is 3.02. The maximum Gasteiger partial charge on any atom is 0.163 e. The van der Waals surface area contributed by atoms with Crippen molar-refractivity contribution in [2.24, 2.45) is 5.73 Å². The molecule has 3 nitrogen and oxygen atoms in total. The van der Waals surface area contributed by atoms with Gasteiger partial charge in [-0.05, 0) is 13.0 Å². The highest BCUT2D eigenvalue weighted by molar-refractivity contribution is 5.85. The second-order valence-corrected chi connectivity index (χ2v) is 3.02. The zero-order valence-corrected chi connectivity index (χ0v) is 9.73. The van der Waals surface area contributed by atoms with Gasteiger partial charge in [-0.15, -0.1) is 12.4 Å². The Bertz CT molecular complexity index is 331. The Morgan fingerprint density at radius 3 is 2.07 bits per heavy atom. The molecule has 0 heterocycles. The first-order valence-electron chi connectivity index (χ1n) is 4.27. The molecule has 0 amide bonds. The van der Waals surface area contributed by atoms with Crippen molar-refractivity contribution in [3.05, 3.63) is 23.5 Å². The predicted molar refractivity (Wildman–Crippen MR) is 59.4 cm³/mol. The molecule has 1 atom stereocenters. The average Bonchev–Trinajstić information content (AvgIpc) is 2.16. The number of hydrogen-bond acceptors (Lipinski definition) is 3. The van der Waals surface area contributed by atoms with E-state index in [0.717, 1.165) is 0 Å². The Morgan fingerprint density at radius 2 is 1.67 bits per heavy atom. The van der Waals surface area contributed by atoms with Gasteiger partial charge in [0.05, 0.1) is 14.2 Å². The third-order valence-corrected chi connectivity index (χ3v) is 1.99. The number of nitrogens with two attached hydrogens (primary N) is 1. The van der Waals surface area contributed by atoms with Gasteiger partial charge in [-0.1, -0.05) is 0 Å². The van der Waals surface area contributed by atoms with Crippen LogP contribution in [0.2, 0.25) is 0 Å². The summed E-state index contributed by atoms with van der Waals surface area (Å²) in [4.78, 5) is 0. The normalized spacial score (nSPS) is 11.5. The molecule has 1 aromatic carbocycles. The van der Waals surface area contributed by atoms with Crippen LogP contribution in [0.4, 0.5) is 4.39 Å². The smallest absolute Gasteiger partial charge is 0.163 e. The fourth-order valence-corrected chi connectivity index (χ4v) is 1.22. The lowest BCUT2D eigenvalue weighted by atomic mass is 10.1. The topological polar surface area (TPSA) is 44.5 Å². The van der Waals surface area contributed by atoms with Crippen LogP contribution in [0, 0.1) is 5.82 Å². The van der Waals surface area contributed by atoms with Gasteiger partial charge >= 0.3 is 0 Å². The molecule has 0 fully saturated rings. The van der Waals surface area contributed by atoms with Gasteiger partial charge in [0.2, 0.25) is 0 Å². The van der Waals surface area contributed by atoms with E-state index in [1.807, 2.05) is 0 Å². The van der Waals surface area contributed by atoms with Crippen LogP contribution in [0.15, 0.2) is 12.1 Å². The number of methoxy groups -OCH3 is 2. The van der Waals surface area contributed by atoms with E-state index in [1.165, 1.54) is 20.3 Å². The Labute approximate surface area is 94.8 Å². The summed E-state index contributed by atoms with van der Waals surface area (Å²) in [5, 5.41) is 0. The van der Waals surface area contributed by atoms with E-state index in [0.29, 0.717) is 17.1 Å². The number of benzene rings is 1. The molecule has 0 bridgehead atoms. The van der Waals surface area contributed by atoms with Gasteiger partial charge in [0.25, 0.3) is 0 Å². The summed E-state index contributed by atoms with van der Waals surface area (Å²) in [6.07, 6.45) is 0. The van der Waals surface area contributed by atoms with Crippen molar-refractivity contribution >= 4 is 12.4 Å². The summed E-state index contributed by atoms with van der Waals surface area (Å²) >= 11 is 0. The van der Waals surface area contributed by atoms with Crippen LogP contribution in [-0.2, 0) is 0 Å². The molecular formula is C10H15ClFNO2. The maximum absolute atomic E-state index is 13.4. The minimum absolute atomic E-state index is 0. The fourth-order valence-electron chi connectivity index (χ4n) is 1.22. The molecule has 0 aromatic heterocycles. The van der Waals surface area contributed by atoms with Crippen molar-refractivity contribution in [3.8, 4) is 11.5 Å². The lowest BCUT2D eigenvalue weighted by Crippen LogP contribution is -2.08.